The molecule has 0 saturated carbocycles. The summed E-state index contributed by atoms with van der Waals surface area (Å²) in [6.07, 6.45) is 0. The molecule has 2 rings (SSSR count). The number of benzene rings is 2. The first-order valence-electron chi connectivity index (χ1n) is 5.99. The zero-order valence-electron chi connectivity index (χ0n) is 12.2. The smallest absolute Gasteiger partial charge is 0.545 e. The molecular formula is C13H8ClKN2O6S. The van der Waals surface area contributed by atoms with Gasteiger partial charge in [-0.3, -0.25) is 14.8 Å². The van der Waals surface area contributed by atoms with Crippen LogP contribution < -0.4 is 61.2 Å². The van der Waals surface area contributed by atoms with Gasteiger partial charge in [0.15, 0.2) is 0 Å². The van der Waals surface area contributed by atoms with Crippen molar-refractivity contribution in [2.45, 2.75) is 4.90 Å². The molecule has 2 aromatic rings. The fourth-order valence-corrected chi connectivity index (χ4v) is 3.28. The molecule has 0 unspecified atom stereocenters. The summed E-state index contributed by atoms with van der Waals surface area (Å²) >= 11 is 5.79. The van der Waals surface area contributed by atoms with Crippen LogP contribution in [0.4, 0.5) is 11.4 Å². The molecule has 0 radical (unpaired) electrons. The van der Waals surface area contributed by atoms with Crippen LogP contribution in [0.5, 0.6) is 0 Å². The third-order valence-corrected chi connectivity index (χ3v) is 4.65. The largest absolute Gasteiger partial charge is 1.00 e. The zero-order chi connectivity index (χ0) is 17.2. The summed E-state index contributed by atoms with van der Waals surface area (Å²) < 4.78 is 26.7. The Bertz CT molecular complexity index is 886. The normalized spacial score (nSPS) is 10.5. The van der Waals surface area contributed by atoms with Gasteiger partial charge < -0.3 is 9.90 Å². The molecule has 2 aromatic carbocycles. The number of carbonyl (C=O) groups excluding carboxylic acids is 1. The summed E-state index contributed by atoms with van der Waals surface area (Å²) in [5, 5.41) is 21.2. The molecule has 0 atom stereocenters. The number of sulfonamides is 1. The van der Waals surface area contributed by atoms with Gasteiger partial charge in [0.1, 0.15) is 4.90 Å². The van der Waals surface area contributed by atoms with E-state index >= 15 is 0 Å². The monoisotopic (exact) mass is 394 g/mol. The average molecular weight is 395 g/mol. The first-order valence-corrected chi connectivity index (χ1v) is 7.85. The van der Waals surface area contributed by atoms with Gasteiger partial charge in [-0.25, -0.2) is 8.42 Å². The summed E-state index contributed by atoms with van der Waals surface area (Å²) in [4.78, 5) is 20.2. The molecule has 0 aliphatic rings. The molecule has 120 valence electrons. The predicted octanol–water partition coefficient (Wildman–Crippen LogP) is -1.58. The van der Waals surface area contributed by atoms with Crippen LogP contribution in [-0.2, 0) is 10.0 Å². The van der Waals surface area contributed by atoms with Crippen LogP contribution in [0.2, 0.25) is 5.02 Å². The van der Waals surface area contributed by atoms with Gasteiger partial charge in [0, 0.05) is 17.8 Å². The maximum atomic E-state index is 12.3. The number of nitrogens with one attached hydrogen (secondary N) is 1. The molecule has 0 amide bonds. The number of carboxylic acids is 1. The number of hydrogen-bond donors (Lipinski definition) is 1. The number of non-ortho nitro benzene ring substituents is 1. The Hall–Kier alpha value is -1.01. The molecule has 11 heteroatoms. The Labute approximate surface area is 184 Å². The van der Waals surface area contributed by atoms with Crippen LogP contribution in [0.15, 0.2) is 47.4 Å². The maximum Gasteiger partial charge on any atom is 1.00 e. The van der Waals surface area contributed by atoms with Crippen molar-refractivity contribution in [3.05, 3.63) is 63.2 Å². The molecule has 0 aliphatic carbocycles. The van der Waals surface area contributed by atoms with E-state index in [2.05, 4.69) is 4.72 Å². The van der Waals surface area contributed by atoms with Crippen molar-refractivity contribution in [2.75, 3.05) is 4.72 Å². The van der Waals surface area contributed by atoms with Gasteiger partial charge in [0.2, 0.25) is 0 Å². The summed E-state index contributed by atoms with van der Waals surface area (Å²) in [6.45, 7) is 0. The second-order valence-electron chi connectivity index (χ2n) is 4.34. The Kier molecular flexibility index (Phi) is 7.35. The van der Waals surface area contributed by atoms with Crippen molar-refractivity contribution in [1.29, 1.82) is 0 Å². The first-order chi connectivity index (χ1) is 10.7. The molecular weight excluding hydrogens is 387 g/mol. The minimum absolute atomic E-state index is 0. The first kappa shape index (κ1) is 21.0. The van der Waals surface area contributed by atoms with Crippen LogP contribution in [0, 0.1) is 10.1 Å². The van der Waals surface area contributed by atoms with Crippen LogP contribution in [-0.4, -0.2) is 19.3 Å². The third kappa shape index (κ3) is 4.99. The number of carbonyl (C=O) groups is 1. The number of aromatic carboxylic acids is 1. The number of anilines is 1. The Morgan fingerprint density at radius 2 is 1.71 bits per heavy atom. The van der Waals surface area contributed by atoms with Gasteiger partial charge in [-0.15, -0.1) is 0 Å². The third-order valence-electron chi connectivity index (χ3n) is 2.79. The molecule has 8 nitrogen and oxygen atoms in total. The molecule has 24 heavy (non-hydrogen) atoms. The van der Waals surface area contributed by atoms with Crippen LogP contribution in [0.3, 0.4) is 0 Å². The van der Waals surface area contributed by atoms with E-state index in [9.17, 15) is 28.4 Å². The van der Waals surface area contributed by atoms with E-state index in [-0.39, 0.29) is 67.7 Å². The summed E-state index contributed by atoms with van der Waals surface area (Å²) in [5.74, 6) is -1.40. The minimum Gasteiger partial charge on any atom is -0.545 e. The number of nitrogens with zero attached hydrogens (tertiary/aromatic N) is 1. The molecule has 0 heterocycles. The van der Waals surface area contributed by atoms with Crippen molar-refractivity contribution in [1.82, 2.24) is 0 Å². The number of halogens is 1. The number of nitro groups is 1. The van der Waals surface area contributed by atoms with E-state index in [1.54, 1.807) is 0 Å². The van der Waals surface area contributed by atoms with Gasteiger partial charge in [0.05, 0.1) is 15.9 Å². The minimum atomic E-state index is -4.18. The van der Waals surface area contributed by atoms with Crippen LogP contribution in [0.1, 0.15) is 10.4 Å². The number of hydrogen-bond acceptors (Lipinski definition) is 6. The van der Waals surface area contributed by atoms with E-state index in [1.807, 2.05) is 0 Å². The van der Waals surface area contributed by atoms with Crippen molar-refractivity contribution in [2.24, 2.45) is 0 Å². The predicted molar refractivity (Wildman–Crippen MR) is 79.7 cm³/mol. The topological polar surface area (TPSA) is 129 Å². The quantitative estimate of drug-likeness (QED) is 0.370. The van der Waals surface area contributed by atoms with Crippen molar-refractivity contribution < 1.29 is 74.6 Å². The van der Waals surface area contributed by atoms with Crippen LogP contribution >= 0.6 is 11.6 Å². The van der Waals surface area contributed by atoms with E-state index in [4.69, 9.17) is 11.6 Å². The zero-order valence-corrected chi connectivity index (χ0v) is 16.9. The second-order valence-corrected chi connectivity index (χ2v) is 6.40. The van der Waals surface area contributed by atoms with Gasteiger partial charge in [0.25, 0.3) is 15.7 Å². The summed E-state index contributed by atoms with van der Waals surface area (Å²) in [7, 11) is -4.18. The van der Waals surface area contributed by atoms with Crippen molar-refractivity contribution >= 4 is 39.0 Å². The molecule has 0 aliphatic heterocycles. The average Bonchev–Trinajstić information content (AvgIpc) is 2.47. The van der Waals surface area contributed by atoms with Gasteiger partial charge in [-0.2, -0.15) is 0 Å². The fourth-order valence-electron chi connectivity index (χ4n) is 1.70. The Morgan fingerprint density at radius 1 is 1.12 bits per heavy atom. The molecule has 0 bridgehead atoms. The molecule has 0 spiro atoms. The maximum absolute atomic E-state index is 12.3. The van der Waals surface area contributed by atoms with Crippen molar-refractivity contribution in [3.63, 3.8) is 0 Å². The standard InChI is InChI=1S/C13H9ClN2O6S.K/c14-11-6-5-10(16(19)20)7-12(11)23(21,22)15-9-3-1-8(2-4-9)13(17)18;/h1-7,15H,(H,17,18);/q;+1/p-1. The van der Waals surface area contributed by atoms with Crippen molar-refractivity contribution in [3.8, 4) is 0 Å². The molecule has 0 saturated heterocycles. The van der Waals surface area contributed by atoms with E-state index in [0.717, 1.165) is 30.3 Å². The van der Waals surface area contributed by atoms with Gasteiger partial charge in [-0.1, -0.05) is 23.7 Å². The molecule has 0 aromatic heterocycles. The van der Waals surface area contributed by atoms with Gasteiger partial charge in [-0.05, 0) is 23.8 Å². The number of carboxylic acid groups (broad SMARTS) is 1. The molecule has 0 fully saturated rings. The second kappa shape index (κ2) is 8.38. The van der Waals surface area contributed by atoms with Crippen LogP contribution in [0.25, 0.3) is 0 Å². The fraction of sp³-hybridized carbons (Fsp3) is 0. The SMILES string of the molecule is O=C([O-])c1ccc(NS(=O)(=O)c2cc([N+](=O)[O-])ccc2Cl)cc1.[K+]. The van der Waals surface area contributed by atoms with E-state index < -0.39 is 31.5 Å². The summed E-state index contributed by atoms with van der Waals surface area (Å²) in [6, 6.07) is 7.76. The number of nitro benzene ring substituents is 1. The number of rotatable bonds is 5. The Morgan fingerprint density at radius 3 is 2.21 bits per heavy atom. The van der Waals surface area contributed by atoms with E-state index in [0.29, 0.717) is 0 Å². The van der Waals surface area contributed by atoms with E-state index in [1.165, 1.54) is 12.1 Å². The molecule has 1 N–H and O–H groups in total. The van der Waals surface area contributed by atoms with Gasteiger partial charge >= 0.3 is 51.4 Å². The Balaban J connectivity index is 0.00000288. The summed E-state index contributed by atoms with van der Waals surface area (Å²) in [5.41, 5.74) is -0.485.